The maximum atomic E-state index is 12.4. The summed E-state index contributed by atoms with van der Waals surface area (Å²) in [4.78, 5) is 18.2. The van der Waals surface area contributed by atoms with Crippen LogP contribution >= 0.6 is 0 Å². The average Bonchev–Trinajstić information content (AvgIpc) is 2.88. The summed E-state index contributed by atoms with van der Waals surface area (Å²) in [7, 11) is 0. The average molecular weight is 354 g/mol. The number of fused-ring (bicyclic) bond motifs is 1. The van der Waals surface area contributed by atoms with Crippen molar-refractivity contribution in [2.45, 2.75) is 60.3 Å². The first-order valence-electron chi connectivity index (χ1n) is 9.59. The highest BCUT2D eigenvalue weighted by atomic mass is 16.1. The maximum absolute atomic E-state index is 12.4. The van der Waals surface area contributed by atoms with Gasteiger partial charge in [0.2, 0.25) is 5.91 Å². The highest BCUT2D eigenvalue weighted by Crippen LogP contribution is 2.35. The number of amides is 1. The molecule has 0 atom stereocenters. The van der Waals surface area contributed by atoms with Crippen molar-refractivity contribution < 1.29 is 4.79 Å². The van der Waals surface area contributed by atoms with E-state index in [-0.39, 0.29) is 11.3 Å². The predicted molar refractivity (Wildman–Crippen MR) is 109 cm³/mol. The summed E-state index contributed by atoms with van der Waals surface area (Å²) in [5, 5.41) is 3.13. The van der Waals surface area contributed by atoms with Crippen LogP contribution in [0.2, 0.25) is 0 Å². The van der Waals surface area contributed by atoms with Gasteiger partial charge in [-0.3, -0.25) is 4.79 Å². The molecule has 0 aliphatic carbocycles. The lowest BCUT2D eigenvalue weighted by Crippen LogP contribution is -2.21. The summed E-state index contributed by atoms with van der Waals surface area (Å²) in [6.45, 7) is 11.5. The van der Waals surface area contributed by atoms with Crippen LogP contribution in [0.1, 0.15) is 56.9 Å². The molecule has 3 rings (SSSR count). The molecule has 0 saturated heterocycles. The number of aromatic amines is 1. The van der Waals surface area contributed by atoms with Gasteiger partial charge >= 0.3 is 0 Å². The summed E-state index contributed by atoms with van der Waals surface area (Å²) >= 11 is 0. The Morgan fingerprint density at radius 3 is 2.54 bits per heavy atom. The normalized spacial score (nSPS) is 14.7. The number of carbonyl (C=O) groups is 1. The Bertz CT molecular complexity index is 775. The van der Waals surface area contributed by atoms with Gasteiger partial charge in [0.05, 0.1) is 5.69 Å². The molecule has 0 saturated carbocycles. The molecule has 1 amide bonds. The van der Waals surface area contributed by atoms with Crippen LogP contribution in [0.5, 0.6) is 0 Å². The first kappa shape index (κ1) is 18.6. The van der Waals surface area contributed by atoms with Crippen LogP contribution in [0.15, 0.2) is 24.4 Å². The molecule has 1 aliphatic rings. The minimum Gasteiger partial charge on any atom is -0.363 e. The fraction of sp³-hybridized carbons (Fsp3) is 0.500. The Balaban J connectivity index is 1.87. The third-order valence-corrected chi connectivity index (χ3v) is 4.94. The molecule has 0 radical (unpaired) electrons. The van der Waals surface area contributed by atoms with E-state index in [1.807, 2.05) is 6.20 Å². The van der Waals surface area contributed by atoms with Crippen molar-refractivity contribution in [1.82, 2.24) is 4.98 Å². The van der Waals surface area contributed by atoms with Crippen molar-refractivity contribution >= 4 is 23.0 Å². The molecule has 0 bridgehead atoms. The number of anilines is 3. The van der Waals surface area contributed by atoms with Gasteiger partial charge in [0.15, 0.2) is 0 Å². The largest absolute Gasteiger partial charge is 0.363 e. The van der Waals surface area contributed by atoms with Crippen LogP contribution in [0.3, 0.4) is 0 Å². The topological polar surface area (TPSA) is 48.1 Å². The number of benzene rings is 1. The summed E-state index contributed by atoms with van der Waals surface area (Å²) in [5.74, 6) is 0.0825. The first-order chi connectivity index (χ1) is 12.2. The number of nitrogens with zero attached hydrogens (tertiary/aromatic N) is 1. The number of aryl methyl sites for hydroxylation is 3. The van der Waals surface area contributed by atoms with Gasteiger partial charge in [0.1, 0.15) is 0 Å². The minimum absolute atomic E-state index is 0.0113. The molecule has 2 N–H and O–H groups in total. The number of hydrogen-bond donors (Lipinski definition) is 2. The van der Waals surface area contributed by atoms with Gasteiger partial charge in [-0.1, -0.05) is 20.8 Å². The van der Waals surface area contributed by atoms with Crippen molar-refractivity contribution in [3.63, 3.8) is 0 Å². The van der Waals surface area contributed by atoms with Crippen LogP contribution in [0.25, 0.3) is 0 Å². The van der Waals surface area contributed by atoms with E-state index in [1.165, 1.54) is 29.9 Å². The van der Waals surface area contributed by atoms with Crippen molar-refractivity contribution in [1.29, 1.82) is 0 Å². The number of hydrogen-bond acceptors (Lipinski definition) is 2. The third-order valence-electron chi connectivity index (χ3n) is 4.94. The second-order valence-electron chi connectivity index (χ2n) is 8.69. The lowest BCUT2D eigenvalue weighted by molar-refractivity contribution is -0.117. The van der Waals surface area contributed by atoms with E-state index in [9.17, 15) is 4.79 Å². The molecule has 0 fully saturated rings. The van der Waals surface area contributed by atoms with Gasteiger partial charge in [-0.05, 0) is 67.9 Å². The quantitative estimate of drug-likeness (QED) is 0.767. The summed E-state index contributed by atoms with van der Waals surface area (Å²) in [6, 6.07) is 6.56. The van der Waals surface area contributed by atoms with Gasteiger partial charge in [0.25, 0.3) is 0 Å². The summed E-state index contributed by atoms with van der Waals surface area (Å²) in [5.41, 5.74) is 6.98. The van der Waals surface area contributed by atoms with Gasteiger partial charge in [-0.2, -0.15) is 0 Å². The van der Waals surface area contributed by atoms with E-state index in [4.69, 9.17) is 0 Å². The van der Waals surface area contributed by atoms with E-state index in [0.29, 0.717) is 6.42 Å². The van der Waals surface area contributed by atoms with E-state index >= 15 is 0 Å². The van der Waals surface area contributed by atoms with Crippen molar-refractivity contribution in [3.05, 3.63) is 41.2 Å². The molecule has 26 heavy (non-hydrogen) atoms. The molecule has 0 unspecified atom stereocenters. The minimum atomic E-state index is -0.0113. The number of H-pyrrole nitrogens is 1. The van der Waals surface area contributed by atoms with Crippen molar-refractivity contribution in [2.75, 3.05) is 16.8 Å². The summed E-state index contributed by atoms with van der Waals surface area (Å²) in [6.07, 6.45) is 6.06. The van der Waals surface area contributed by atoms with Crippen molar-refractivity contribution in [2.24, 2.45) is 5.41 Å². The summed E-state index contributed by atoms with van der Waals surface area (Å²) < 4.78 is 0. The molecular formula is C22H31N3O. The van der Waals surface area contributed by atoms with Gasteiger partial charge in [-0.25, -0.2) is 0 Å². The van der Waals surface area contributed by atoms with Crippen LogP contribution in [-0.4, -0.2) is 17.4 Å². The second kappa shape index (κ2) is 7.18. The van der Waals surface area contributed by atoms with Crippen LogP contribution < -0.4 is 10.2 Å². The highest BCUT2D eigenvalue weighted by Gasteiger charge is 2.20. The fourth-order valence-electron chi connectivity index (χ4n) is 3.77. The van der Waals surface area contributed by atoms with Crippen LogP contribution in [0.4, 0.5) is 17.1 Å². The fourth-order valence-corrected chi connectivity index (χ4v) is 3.77. The third kappa shape index (κ3) is 4.12. The van der Waals surface area contributed by atoms with E-state index in [1.54, 1.807) is 0 Å². The molecule has 2 aromatic rings. The molecule has 0 spiro atoms. The molecular weight excluding hydrogens is 322 g/mol. The number of carbonyl (C=O) groups excluding carboxylic acids is 1. The SMILES string of the molecule is Cc1cc(N2CCCCc3[nH]ccc32)cc(C)c1NC(=O)CC(C)(C)C. The Hall–Kier alpha value is -2.23. The van der Waals surface area contributed by atoms with E-state index in [0.717, 1.165) is 29.8 Å². The molecule has 1 aliphatic heterocycles. The van der Waals surface area contributed by atoms with E-state index < -0.39 is 0 Å². The molecule has 2 heterocycles. The Kier molecular flexibility index (Phi) is 5.12. The predicted octanol–water partition coefficient (Wildman–Crippen LogP) is 5.48. The van der Waals surface area contributed by atoms with E-state index in [2.05, 4.69) is 68.0 Å². The Labute approximate surface area is 157 Å². The number of aromatic nitrogens is 1. The molecule has 1 aromatic carbocycles. The monoisotopic (exact) mass is 353 g/mol. The first-order valence-corrected chi connectivity index (χ1v) is 9.59. The number of rotatable bonds is 3. The number of nitrogens with one attached hydrogen (secondary N) is 2. The smallest absolute Gasteiger partial charge is 0.224 e. The zero-order valence-electron chi connectivity index (χ0n) is 16.7. The van der Waals surface area contributed by atoms with Gasteiger partial charge < -0.3 is 15.2 Å². The Morgan fingerprint density at radius 2 is 1.88 bits per heavy atom. The molecule has 140 valence electrons. The molecule has 1 aromatic heterocycles. The maximum Gasteiger partial charge on any atom is 0.224 e. The second-order valence-corrected chi connectivity index (χ2v) is 8.69. The van der Waals surface area contributed by atoms with Crippen LogP contribution in [-0.2, 0) is 11.2 Å². The van der Waals surface area contributed by atoms with Gasteiger partial charge in [0, 0.05) is 36.2 Å². The zero-order chi connectivity index (χ0) is 18.9. The van der Waals surface area contributed by atoms with Crippen LogP contribution in [0, 0.1) is 19.3 Å². The van der Waals surface area contributed by atoms with Gasteiger partial charge in [-0.15, -0.1) is 0 Å². The lowest BCUT2D eigenvalue weighted by Gasteiger charge is -2.26. The highest BCUT2D eigenvalue weighted by molar-refractivity contribution is 5.93. The lowest BCUT2D eigenvalue weighted by atomic mass is 9.92. The molecule has 4 heteroatoms. The Morgan fingerprint density at radius 1 is 1.19 bits per heavy atom. The standard InChI is InChI=1S/C22H31N3O/c1-15-12-17(25-11-7-6-8-18-19(25)9-10-23-18)13-16(2)21(15)24-20(26)14-22(3,4)5/h9-10,12-13,23H,6-8,11,14H2,1-5H3,(H,24,26). The molecule has 4 nitrogen and oxygen atoms in total. The zero-order valence-corrected chi connectivity index (χ0v) is 16.7. The van der Waals surface area contributed by atoms with Crippen molar-refractivity contribution in [3.8, 4) is 0 Å².